The summed E-state index contributed by atoms with van der Waals surface area (Å²) in [6.45, 7) is 4.73. The van der Waals surface area contributed by atoms with Crippen molar-refractivity contribution >= 4 is 10.6 Å². The highest BCUT2D eigenvalue weighted by Gasteiger charge is 2.02. The summed E-state index contributed by atoms with van der Waals surface area (Å²) in [4.78, 5) is 1.93. The van der Waals surface area contributed by atoms with Crippen molar-refractivity contribution in [3.05, 3.63) is 0 Å². The van der Waals surface area contributed by atoms with Gasteiger partial charge in [0.2, 0.25) is 0 Å². The Hall–Kier alpha value is 0.230. The van der Waals surface area contributed by atoms with E-state index in [1.807, 2.05) is 32.8 Å². The molecular weight excluding hydrogens is 162 g/mol. The lowest BCUT2D eigenvalue weighted by atomic mass is 10.7. The van der Waals surface area contributed by atoms with Gasteiger partial charge in [0.05, 0.1) is 0 Å². The van der Waals surface area contributed by atoms with Crippen molar-refractivity contribution in [2.45, 2.75) is 13.8 Å². The number of hydrogen-bond acceptors (Lipinski definition) is 3. The molecule has 0 fully saturated rings. The predicted octanol–water partition coefficient (Wildman–Crippen LogP) is 1.95. The molecule has 0 saturated carbocycles. The molecule has 0 spiro atoms. The quantitative estimate of drug-likeness (QED) is 0.703. The zero-order valence-corrected chi connectivity index (χ0v) is 8.98. The van der Waals surface area contributed by atoms with Gasteiger partial charge in [0, 0.05) is 18.6 Å². The van der Waals surface area contributed by atoms with Crippen LogP contribution >= 0.6 is 10.6 Å². The molecule has 4 heteroatoms. The van der Waals surface area contributed by atoms with Crippen LogP contribution in [0.3, 0.4) is 0 Å². The summed E-state index contributed by atoms with van der Waals surface area (Å²) in [5.74, 6) is 0.472. The topological polar surface area (TPSA) is 43.7 Å². The van der Waals surface area contributed by atoms with E-state index >= 15 is 0 Å². The zero-order valence-electron chi connectivity index (χ0n) is 8.16. The van der Waals surface area contributed by atoms with Crippen LogP contribution < -0.4 is 0 Å². The molecule has 0 saturated heterocycles. The van der Waals surface area contributed by atoms with Crippen LogP contribution in [-0.2, 0) is 0 Å². The first-order valence-electron chi connectivity index (χ1n) is 3.77. The number of rotatable bonds is 3. The molecule has 0 radical (unpaired) electrons. The van der Waals surface area contributed by atoms with E-state index in [4.69, 9.17) is 9.11 Å². The van der Waals surface area contributed by atoms with Crippen LogP contribution in [0.1, 0.15) is 13.8 Å². The molecule has 72 valence electrons. The Balaban J connectivity index is 0. The van der Waals surface area contributed by atoms with E-state index in [0.717, 1.165) is 6.54 Å². The van der Waals surface area contributed by atoms with Crippen molar-refractivity contribution in [2.75, 3.05) is 32.6 Å². The van der Waals surface area contributed by atoms with Crippen molar-refractivity contribution < 1.29 is 9.11 Å². The Morgan fingerprint density at radius 2 is 1.55 bits per heavy atom. The van der Waals surface area contributed by atoms with Crippen LogP contribution in [0.5, 0.6) is 0 Å². The summed E-state index contributed by atoms with van der Waals surface area (Å²) >= 11 is 0. The van der Waals surface area contributed by atoms with Gasteiger partial charge in [-0.1, -0.05) is 13.8 Å². The molecule has 0 aliphatic rings. The van der Waals surface area contributed by atoms with Gasteiger partial charge < -0.3 is 4.90 Å². The fourth-order valence-corrected chi connectivity index (χ4v) is 1.07. The average molecular weight is 183 g/mol. The second-order valence-corrected chi connectivity index (χ2v) is 4.90. The van der Waals surface area contributed by atoms with E-state index in [9.17, 15) is 0 Å². The van der Waals surface area contributed by atoms with Gasteiger partial charge in [-0.3, -0.25) is 9.11 Å². The lowest BCUT2D eigenvalue weighted by molar-refractivity contribution is 0.419. The molecule has 0 atom stereocenters. The van der Waals surface area contributed by atoms with Crippen molar-refractivity contribution in [3.63, 3.8) is 0 Å². The van der Waals surface area contributed by atoms with E-state index in [-0.39, 0.29) is 0 Å². The Kier molecular flexibility index (Phi) is 8.67. The summed E-state index contributed by atoms with van der Waals surface area (Å²) in [5, 5.41) is 0. The maximum atomic E-state index is 8.88. The lowest BCUT2D eigenvalue weighted by Crippen LogP contribution is -2.19. The van der Waals surface area contributed by atoms with Gasteiger partial charge in [-0.05, 0) is 14.1 Å². The second-order valence-electron chi connectivity index (χ2n) is 2.50. The van der Waals surface area contributed by atoms with Crippen LogP contribution in [0.2, 0.25) is 0 Å². The lowest BCUT2D eigenvalue weighted by Gasteiger charge is -2.27. The molecule has 0 aromatic rings. The molecule has 0 aliphatic heterocycles. The smallest absolute Gasteiger partial charge is 0.0498 e. The summed E-state index contributed by atoms with van der Waals surface area (Å²) in [5.41, 5.74) is 0. The Bertz CT molecular complexity index is 81.0. The maximum Gasteiger partial charge on any atom is 0.0498 e. The second kappa shape index (κ2) is 6.91. The molecule has 0 rings (SSSR count). The van der Waals surface area contributed by atoms with Gasteiger partial charge in [0.15, 0.2) is 0 Å². The van der Waals surface area contributed by atoms with Crippen molar-refractivity contribution in [1.82, 2.24) is 4.90 Å². The predicted molar refractivity (Wildman–Crippen MR) is 53.5 cm³/mol. The fraction of sp³-hybridized carbons (Fsp3) is 1.00. The molecule has 11 heavy (non-hydrogen) atoms. The highest BCUT2D eigenvalue weighted by atomic mass is 32.3. The van der Waals surface area contributed by atoms with Crippen molar-refractivity contribution in [1.29, 1.82) is 0 Å². The standard InChI is InChI=1S/C5H15NO2S.C2H6/c1-6(2)4-5-9(3,7)8;1-2/h7-8H,4-5H2,1-3H3;1-2H3. The van der Waals surface area contributed by atoms with E-state index in [1.54, 1.807) is 0 Å². The average Bonchev–Trinajstić information content (AvgIpc) is 1.87. The molecule has 0 aromatic carbocycles. The highest BCUT2D eigenvalue weighted by Crippen LogP contribution is 2.31. The first-order valence-corrected chi connectivity index (χ1v) is 5.90. The summed E-state index contributed by atoms with van der Waals surface area (Å²) in [6.07, 6.45) is 1.47. The van der Waals surface area contributed by atoms with Gasteiger partial charge in [0.1, 0.15) is 0 Å². The maximum absolute atomic E-state index is 8.88. The van der Waals surface area contributed by atoms with E-state index in [0.29, 0.717) is 5.75 Å². The zero-order chi connectivity index (χ0) is 9.49. The number of hydrogen-bond donors (Lipinski definition) is 2. The summed E-state index contributed by atoms with van der Waals surface area (Å²) < 4.78 is 17.8. The summed E-state index contributed by atoms with van der Waals surface area (Å²) in [6, 6.07) is 0. The molecule has 0 aromatic heterocycles. The van der Waals surface area contributed by atoms with E-state index in [1.165, 1.54) is 6.26 Å². The van der Waals surface area contributed by atoms with Gasteiger partial charge in [-0.2, -0.15) is 10.6 Å². The van der Waals surface area contributed by atoms with Gasteiger partial charge in [-0.15, -0.1) is 0 Å². The molecule has 0 heterocycles. The third-order valence-corrected chi connectivity index (χ3v) is 1.88. The van der Waals surface area contributed by atoms with Crippen LogP contribution in [0.25, 0.3) is 0 Å². The monoisotopic (exact) mass is 183 g/mol. The van der Waals surface area contributed by atoms with Crippen LogP contribution in [-0.4, -0.2) is 46.7 Å². The highest BCUT2D eigenvalue weighted by molar-refractivity contribution is 8.23. The minimum atomic E-state index is -2.26. The fourth-order valence-electron chi connectivity index (χ4n) is 0.356. The minimum Gasteiger partial charge on any atom is -0.308 e. The third-order valence-electron chi connectivity index (χ3n) is 0.925. The molecule has 2 N–H and O–H groups in total. The molecule has 0 unspecified atom stereocenters. The minimum absolute atomic E-state index is 0.472. The van der Waals surface area contributed by atoms with Crippen LogP contribution in [0.4, 0.5) is 0 Å². The van der Waals surface area contributed by atoms with Gasteiger partial charge >= 0.3 is 0 Å². The van der Waals surface area contributed by atoms with Crippen molar-refractivity contribution in [3.8, 4) is 0 Å². The third kappa shape index (κ3) is 17.9. The Morgan fingerprint density at radius 1 is 1.18 bits per heavy atom. The van der Waals surface area contributed by atoms with E-state index in [2.05, 4.69) is 0 Å². The molecule has 3 nitrogen and oxygen atoms in total. The van der Waals surface area contributed by atoms with Gasteiger partial charge in [0.25, 0.3) is 0 Å². The first kappa shape index (κ1) is 13.8. The van der Waals surface area contributed by atoms with E-state index < -0.39 is 10.6 Å². The largest absolute Gasteiger partial charge is 0.308 e. The van der Waals surface area contributed by atoms with Crippen LogP contribution in [0.15, 0.2) is 0 Å². The molecule has 0 bridgehead atoms. The first-order chi connectivity index (χ1) is 4.92. The van der Waals surface area contributed by atoms with Gasteiger partial charge in [-0.25, -0.2) is 0 Å². The molecule has 0 aliphatic carbocycles. The summed E-state index contributed by atoms with van der Waals surface area (Å²) in [7, 11) is 1.55. The van der Waals surface area contributed by atoms with Crippen molar-refractivity contribution in [2.24, 2.45) is 0 Å². The number of nitrogens with zero attached hydrogens (tertiary/aromatic N) is 1. The Morgan fingerprint density at radius 3 is 1.64 bits per heavy atom. The normalized spacial score (nSPS) is 12.4. The molecule has 0 amide bonds. The SMILES string of the molecule is CC.CN(C)CCS(C)(O)O. The molecular formula is C7H21NO2S. The Labute approximate surface area is 71.8 Å². The van der Waals surface area contributed by atoms with Crippen LogP contribution in [0, 0.1) is 0 Å².